The summed E-state index contributed by atoms with van der Waals surface area (Å²) < 4.78 is 14.0. The minimum absolute atomic E-state index is 0.321. The Kier molecular flexibility index (Phi) is 2.86. The lowest BCUT2D eigenvalue weighted by molar-refractivity contribution is 0.629. The fourth-order valence-corrected chi connectivity index (χ4v) is 2.24. The molecule has 0 fully saturated rings. The molecule has 0 radical (unpaired) electrons. The Labute approximate surface area is 116 Å². The molecule has 0 saturated carbocycles. The molecule has 0 amide bonds. The van der Waals surface area contributed by atoms with Gasteiger partial charge in [-0.25, -0.2) is 14.4 Å². The molecular formula is C16H14FN3. The molecule has 20 heavy (non-hydrogen) atoms. The van der Waals surface area contributed by atoms with Gasteiger partial charge < -0.3 is 5.73 Å². The average Bonchev–Trinajstić information content (AvgIpc) is 2.40. The third-order valence-electron chi connectivity index (χ3n) is 3.32. The van der Waals surface area contributed by atoms with Gasteiger partial charge >= 0.3 is 0 Å². The number of aromatic nitrogens is 2. The van der Waals surface area contributed by atoms with Crippen molar-refractivity contribution in [3.63, 3.8) is 0 Å². The van der Waals surface area contributed by atoms with Crippen molar-refractivity contribution in [2.45, 2.75) is 13.8 Å². The number of nitrogens with two attached hydrogens (primary N) is 1. The summed E-state index contributed by atoms with van der Waals surface area (Å²) in [6.45, 7) is 3.79. The molecule has 0 unspecified atom stereocenters. The quantitative estimate of drug-likeness (QED) is 0.732. The average molecular weight is 267 g/mol. The van der Waals surface area contributed by atoms with E-state index in [9.17, 15) is 4.39 Å². The Balaban J connectivity index is 2.29. The minimum atomic E-state index is -0.336. The van der Waals surface area contributed by atoms with Crippen molar-refractivity contribution < 1.29 is 4.39 Å². The van der Waals surface area contributed by atoms with Crippen molar-refractivity contribution in [2.75, 3.05) is 5.73 Å². The Hall–Kier alpha value is -2.49. The van der Waals surface area contributed by atoms with Crippen LogP contribution < -0.4 is 5.73 Å². The highest BCUT2D eigenvalue weighted by Gasteiger charge is 2.12. The highest BCUT2D eigenvalue weighted by Crippen LogP contribution is 2.26. The predicted octanol–water partition coefficient (Wildman–Crippen LogP) is 3.63. The number of hydrogen-bond donors (Lipinski definition) is 1. The van der Waals surface area contributed by atoms with Crippen LogP contribution in [0.2, 0.25) is 0 Å². The smallest absolute Gasteiger partial charge is 0.165 e. The predicted molar refractivity (Wildman–Crippen MR) is 78.8 cm³/mol. The molecule has 1 aromatic heterocycles. The lowest BCUT2D eigenvalue weighted by atomic mass is 10.1. The molecule has 4 heteroatoms. The molecule has 3 rings (SSSR count). The zero-order chi connectivity index (χ0) is 14.3. The second kappa shape index (κ2) is 4.56. The first-order chi connectivity index (χ1) is 9.56. The molecule has 0 bridgehead atoms. The van der Waals surface area contributed by atoms with E-state index < -0.39 is 0 Å². The Morgan fingerprint density at radius 3 is 2.60 bits per heavy atom. The highest BCUT2D eigenvalue weighted by atomic mass is 19.1. The van der Waals surface area contributed by atoms with Gasteiger partial charge in [0.2, 0.25) is 0 Å². The van der Waals surface area contributed by atoms with Crippen LogP contribution in [0, 0.1) is 19.7 Å². The molecule has 0 aliphatic carbocycles. The Morgan fingerprint density at radius 1 is 1.05 bits per heavy atom. The molecule has 2 N–H and O–H groups in total. The summed E-state index contributed by atoms with van der Waals surface area (Å²) in [6.07, 6.45) is 0. The molecule has 3 aromatic rings. The largest absolute Gasteiger partial charge is 0.383 e. The summed E-state index contributed by atoms with van der Waals surface area (Å²) in [5.74, 6) is 0.354. The van der Waals surface area contributed by atoms with E-state index in [1.165, 1.54) is 6.07 Å². The summed E-state index contributed by atoms with van der Waals surface area (Å²) >= 11 is 0. The number of benzene rings is 2. The maximum absolute atomic E-state index is 14.0. The summed E-state index contributed by atoms with van der Waals surface area (Å²) in [5.41, 5.74) is 8.95. The fourth-order valence-electron chi connectivity index (χ4n) is 2.24. The number of para-hydroxylation sites is 1. The topological polar surface area (TPSA) is 51.8 Å². The van der Waals surface area contributed by atoms with Crippen molar-refractivity contribution >= 4 is 16.7 Å². The lowest BCUT2D eigenvalue weighted by Gasteiger charge is -2.08. The standard InChI is InChI=1S/C16H14FN3/c1-9-6-7-11(13(17)8-9)16-19-14-10(2)4-3-5-12(14)15(18)20-16/h3-8H,1-2H3,(H2,18,19,20). The minimum Gasteiger partial charge on any atom is -0.383 e. The van der Waals surface area contributed by atoms with E-state index in [4.69, 9.17) is 5.73 Å². The van der Waals surface area contributed by atoms with Gasteiger partial charge in [0, 0.05) is 5.39 Å². The molecule has 0 aliphatic rings. The van der Waals surface area contributed by atoms with Crippen LogP contribution in [-0.2, 0) is 0 Å². The van der Waals surface area contributed by atoms with E-state index >= 15 is 0 Å². The Morgan fingerprint density at radius 2 is 1.85 bits per heavy atom. The SMILES string of the molecule is Cc1ccc(-c2nc(N)c3cccc(C)c3n2)c(F)c1. The van der Waals surface area contributed by atoms with Crippen LogP contribution >= 0.6 is 0 Å². The van der Waals surface area contributed by atoms with Gasteiger partial charge in [-0.3, -0.25) is 0 Å². The van der Waals surface area contributed by atoms with Gasteiger partial charge in [-0.05, 0) is 43.2 Å². The number of rotatable bonds is 1. The molecular weight excluding hydrogens is 253 g/mol. The van der Waals surface area contributed by atoms with E-state index in [2.05, 4.69) is 9.97 Å². The molecule has 2 aromatic carbocycles. The number of nitrogen functional groups attached to an aromatic ring is 1. The molecule has 3 nitrogen and oxygen atoms in total. The third-order valence-corrected chi connectivity index (χ3v) is 3.32. The van der Waals surface area contributed by atoms with Crippen molar-refractivity contribution in [1.29, 1.82) is 0 Å². The molecule has 0 aliphatic heterocycles. The molecule has 1 heterocycles. The summed E-state index contributed by atoms with van der Waals surface area (Å²) in [4.78, 5) is 8.70. The van der Waals surface area contributed by atoms with E-state index in [1.807, 2.05) is 38.1 Å². The normalized spacial score (nSPS) is 10.9. The van der Waals surface area contributed by atoms with Crippen LogP contribution in [0.4, 0.5) is 10.2 Å². The number of fused-ring (bicyclic) bond motifs is 1. The van der Waals surface area contributed by atoms with Crippen molar-refractivity contribution in [2.24, 2.45) is 0 Å². The van der Waals surface area contributed by atoms with Gasteiger partial charge in [0.1, 0.15) is 11.6 Å². The second-order valence-electron chi connectivity index (χ2n) is 4.89. The van der Waals surface area contributed by atoms with Gasteiger partial charge in [0.15, 0.2) is 5.82 Å². The van der Waals surface area contributed by atoms with Gasteiger partial charge in [0.25, 0.3) is 0 Å². The molecule has 0 saturated heterocycles. The first kappa shape index (κ1) is 12.5. The summed E-state index contributed by atoms with van der Waals surface area (Å²) in [7, 11) is 0. The van der Waals surface area contributed by atoms with Crippen LogP contribution in [0.15, 0.2) is 36.4 Å². The fraction of sp³-hybridized carbons (Fsp3) is 0.125. The second-order valence-corrected chi connectivity index (χ2v) is 4.89. The van der Waals surface area contributed by atoms with Crippen LogP contribution in [0.3, 0.4) is 0 Å². The van der Waals surface area contributed by atoms with Crippen LogP contribution in [0.25, 0.3) is 22.3 Å². The van der Waals surface area contributed by atoms with Crippen LogP contribution in [-0.4, -0.2) is 9.97 Å². The van der Waals surface area contributed by atoms with Crippen LogP contribution in [0.5, 0.6) is 0 Å². The van der Waals surface area contributed by atoms with E-state index in [-0.39, 0.29) is 5.82 Å². The monoisotopic (exact) mass is 267 g/mol. The molecule has 100 valence electrons. The number of nitrogens with zero attached hydrogens (tertiary/aromatic N) is 2. The zero-order valence-corrected chi connectivity index (χ0v) is 11.3. The van der Waals surface area contributed by atoms with Gasteiger partial charge in [0.05, 0.1) is 11.1 Å². The van der Waals surface area contributed by atoms with E-state index in [1.54, 1.807) is 6.07 Å². The third kappa shape index (κ3) is 1.99. The van der Waals surface area contributed by atoms with E-state index in [0.29, 0.717) is 17.2 Å². The number of halogens is 1. The summed E-state index contributed by atoms with van der Waals surface area (Å²) in [6, 6.07) is 10.7. The first-order valence-electron chi connectivity index (χ1n) is 6.35. The van der Waals surface area contributed by atoms with Crippen molar-refractivity contribution in [3.05, 3.63) is 53.3 Å². The van der Waals surface area contributed by atoms with Crippen molar-refractivity contribution in [1.82, 2.24) is 9.97 Å². The number of anilines is 1. The van der Waals surface area contributed by atoms with Crippen LogP contribution in [0.1, 0.15) is 11.1 Å². The zero-order valence-electron chi connectivity index (χ0n) is 11.3. The lowest BCUT2D eigenvalue weighted by Crippen LogP contribution is -2.00. The first-order valence-corrected chi connectivity index (χ1v) is 6.35. The van der Waals surface area contributed by atoms with Gasteiger partial charge in [-0.1, -0.05) is 18.2 Å². The maximum Gasteiger partial charge on any atom is 0.165 e. The van der Waals surface area contributed by atoms with Crippen molar-refractivity contribution in [3.8, 4) is 11.4 Å². The van der Waals surface area contributed by atoms with E-state index in [0.717, 1.165) is 22.0 Å². The highest BCUT2D eigenvalue weighted by molar-refractivity contribution is 5.91. The number of aryl methyl sites for hydroxylation is 2. The van der Waals surface area contributed by atoms with Gasteiger partial charge in [-0.15, -0.1) is 0 Å². The maximum atomic E-state index is 14.0. The van der Waals surface area contributed by atoms with Gasteiger partial charge in [-0.2, -0.15) is 0 Å². The number of hydrogen-bond acceptors (Lipinski definition) is 3. The summed E-state index contributed by atoms with van der Waals surface area (Å²) in [5, 5.41) is 0.793. The Bertz CT molecular complexity index is 812. The molecule has 0 spiro atoms. The molecule has 0 atom stereocenters.